The molecular formula is C16H29NO3. The average Bonchev–Trinajstić information content (AvgIpc) is 2.74. The van der Waals surface area contributed by atoms with Crippen LogP contribution >= 0.6 is 0 Å². The number of amides is 1. The van der Waals surface area contributed by atoms with E-state index in [2.05, 4.69) is 5.32 Å². The lowest BCUT2D eigenvalue weighted by atomic mass is 9.76. The fourth-order valence-electron chi connectivity index (χ4n) is 2.42. The quantitative estimate of drug-likeness (QED) is 0.859. The van der Waals surface area contributed by atoms with Crippen LogP contribution in [-0.4, -0.2) is 24.0 Å². The molecule has 1 amide bonds. The van der Waals surface area contributed by atoms with Crippen LogP contribution in [0.15, 0.2) is 0 Å². The molecule has 0 aromatic heterocycles. The maximum atomic E-state index is 12.5. The van der Waals surface area contributed by atoms with Crippen LogP contribution in [0.1, 0.15) is 67.2 Å². The number of hydrogen-bond donors (Lipinski definition) is 1. The normalized spacial score (nSPS) is 18.7. The molecule has 4 heteroatoms. The number of alkyl carbamates (subject to hydrolysis) is 1. The molecule has 4 nitrogen and oxygen atoms in total. The minimum Gasteiger partial charge on any atom is -0.446 e. The molecule has 0 radical (unpaired) electrons. The summed E-state index contributed by atoms with van der Waals surface area (Å²) < 4.78 is 5.40. The van der Waals surface area contributed by atoms with Gasteiger partial charge in [0.2, 0.25) is 0 Å². The fraction of sp³-hybridized carbons (Fsp3) is 0.875. The van der Waals surface area contributed by atoms with Gasteiger partial charge in [-0.25, -0.2) is 4.79 Å². The smallest absolute Gasteiger partial charge is 0.408 e. The lowest BCUT2D eigenvalue weighted by molar-refractivity contribution is -0.130. The van der Waals surface area contributed by atoms with Gasteiger partial charge in [-0.05, 0) is 31.1 Å². The Morgan fingerprint density at radius 2 is 1.55 bits per heavy atom. The third kappa shape index (κ3) is 4.80. The number of nitrogens with one attached hydrogen (secondary N) is 1. The second-order valence-electron chi connectivity index (χ2n) is 7.87. The van der Waals surface area contributed by atoms with Gasteiger partial charge in [0.1, 0.15) is 6.10 Å². The molecule has 1 rings (SSSR count). The van der Waals surface area contributed by atoms with Gasteiger partial charge in [-0.2, -0.15) is 0 Å². The second-order valence-corrected chi connectivity index (χ2v) is 7.87. The average molecular weight is 283 g/mol. The number of ether oxygens (including phenoxy) is 1. The summed E-state index contributed by atoms with van der Waals surface area (Å²) in [5.74, 6) is 0.0355. The van der Waals surface area contributed by atoms with E-state index >= 15 is 0 Å². The number of ketones is 1. The largest absolute Gasteiger partial charge is 0.446 e. The van der Waals surface area contributed by atoms with E-state index in [9.17, 15) is 9.59 Å². The Hall–Kier alpha value is -1.06. The van der Waals surface area contributed by atoms with Crippen molar-refractivity contribution >= 4 is 11.9 Å². The molecule has 20 heavy (non-hydrogen) atoms. The van der Waals surface area contributed by atoms with E-state index in [4.69, 9.17) is 4.74 Å². The van der Waals surface area contributed by atoms with Gasteiger partial charge in [0, 0.05) is 5.41 Å². The molecule has 1 aliphatic carbocycles. The summed E-state index contributed by atoms with van der Waals surface area (Å²) in [6, 6.07) is -0.531. The molecular weight excluding hydrogens is 254 g/mol. The molecule has 1 saturated carbocycles. The third-order valence-corrected chi connectivity index (χ3v) is 3.71. The van der Waals surface area contributed by atoms with Gasteiger partial charge in [0.25, 0.3) is 0 Å². The Balaban J connectivity index is 2.70. The van der Waals surface area contributed by atoms with E-state index in [1.807, 2.05) is 41.5 Å². The predicted octanol–water partition coefficient (Wildman–Crippen LogP) is 3.69. The number of carbonyl (C=O) groups is 2. The van der Waals surface area contributed by atoms with Crippen LogP contribution < -0.4 is 5.32 Å². The highest BCUT2D eigenvalue weighted by molar-refractivity contribution is 5.92. The molecule has 1 N–H and O–H groups in total. The number of carbonyl (C=O) groups excluding carboxylic acids is 2. The van der Waals surface area contributed by atoms with Crippen molar-refractivity contribution in [2.24, 2.45) is 10.8 Å². The second kappa shape index (κ2) is 6.15. The Morgan fingerprint density at radius 3 is 1.95 bits per heavy atom. The van der Waals surface area contributed by atoms with E-state index in [1.165, 1.54) is 0 Å². The number of rotatable bonds is 3. The summed E-state index contributed by atoms with van der Waals surface area (Å²) in [6.07, 6.45) is 3.64. The maximum absolute atomic E-state index is 12.5. The van der Waals surface area contributed by atoms with Crippen molar-refractivity contribution in [2.45, 2.75) is 79.4 Å². The van der Waals surface area contributed by atoms with Gasteiger partial charge in [0.15, 0.2) is 5.78 Å². The van der Waals surface area contributed by atoms with Crippen LogP contribution in [0.25, 0.3) is 0 Å². The number of Topliss-reactive ketones (excluding diaryl/α,β-unsaturated/α-hetero) is 1. The van der Waals surface area contributed by atoms with Crippen LogP contribution in [-0.2, 0) is 9.53 Å². The van der Waals surface area contributed by atoms with Gasteiger partial charge in [0.05, 0.1) is 6.04 Å². The summed E-state index contributed by atoms with van der Waals surface area (Å²) in [5.41, 5.74) is -0.822. The van der Waals surface area contributed by atoms with Crippen LogP contribution in [0.3, 0.4) is 0 Å². The van der Waals surface area contributed by atoms with E-state index in [0.717, 1.165) is 25.7 Å². The summed E-state index contributed by atoms with van der Waals surface area (Å²) in [6.45, 7) is 11.5. The van der Waals surface area contributed by atoms with Crippen LogP contribution in [0.2, 0.25) is 0 Å². The highest BCUT2D eigenvalue weighted by Crippen LogP contribution is 2.28. The first kappa shape index (κ1) is 17.0. The van der Waals surface area contributed by atoms with Crippen LogP contribution in [0.4, 0.5) is 4.79 Å². The van der Waals surface area contributed by atoms with Gasteiger partial charge >= 0.3 is 6.09 Å². The van der Waals surface area contributed by atoms with Gasteiger partial charge in [-0.15, -0.1) is 0 Å². The Labute approximate surface area is 122 Å². The minimum absolute atomic E-state index is 0.0142. The van der Waals surface area contributed by atoms with E-state index in [0.29, 0.717) is 0 Å². The minimum atomic E-state index is -0.531. The molecule has 0 aromatic carbocycles. The zero-order valence-corrected chi connectivity index (χ0v) is 13.7. The first-order valence-electron chi connectivity index (χ1n) is 7.53. The zero-order chi connectivity index (χ0) is 15.6. The highest BCUT2D eigenvalue weighted by atomic mass is 16.6. The molecule has 0 bridgehead atoms. The Kier molecular flexibility index (Phi) is 5.22. The van der Waals surface area contributed by atoms with Crippen molar-refractivity contribution < 1.29 is 14.3 Å². The molecule has 0 aromatic rings. The Bertz CT molecular complexity index is 357. The molecule has 116 valence electrons. The summed E-state index contributed by atoms with van der Waals surface area (Å²) in [5, 5.41) is 2.78. The zero-order valence-electron chi connectivity index (χ0n) is 13.7. The highest BCUT2D eigenvalue weighted by Gasteiger charge is 2.39. The number of hydrogen-bond acceptors (Lipinski definition) is 3. The first-order valence-corrected chi connectivity index (χ1v) is 7.53. The van der Waals surface area contributed by atoms with E-state index in [1.54, 1.807) is 0 Å². The van der Waals surface area contributed by atoms with Crippen molar-refractivity contribution in [3.8, 4) is 0 Å². The van der Waals surface area contributed by atoms with Crippen molar-refractivity contribution in [3.05, 3.63) is 0 Å². The van der Waals surface area contributed by atoms with Gasteiger partial charge < -0.3 is 10.1 Å². The van der Waals surface area contributed by atoms with Gasteiger partial charge in [-0.1, -0.05) is 41.5 Å². The van der Waals surface area contributed by atoms with Crippen LogP contribution in [0, 0.1) is 10.8 Å². The summed E-state index contributed by atoms with van der Waals surface area (Å²) >= 11 is 0. The lowest BCUT2D eigenvalue weighted by Gasteiger charge is -2.34. The molecule has 0 heterocycles. The summed E-state index contributed by atoms with van der Waals surface area (Å²) in [4.78, 5) is 24.5. The predicted molar refractivity (Wildman–Crippen MR) is 79.6 cm³/mol. The standard InChI is InChI=1S/C16H29NO3/c1-15(2,3)12(13(18)16(4,5)6)17-14(19)20-11-9-7-8-10-11/h11-12H,7-10H2,1-6H3,(H,17,19). The topological polar surface area (TPSA) is 55.4 Å². The van der Waals surface area contributed by atoms with Crippen LogP contribution in [0.5, 0.6) is 0 Å². The monoisotopic (exact) mass is 283 g/mol. The summed E-state index contributed by atoms with van der Waals surface area (Å²) in [7, 11) is 0. The van der Waals surface area contributed by atoms with E-state index in [-0.39, 0.29) is 17.3 Å². The molecule has 1 unspecified atom stereocenters. The van der Waals surface area contributed by atoms with E-state index < -0.39 is 17.6 Å². The van der Waals surface area contributed by atoms with Crippen molar-refractivity contribution in [1.29, 1.82) is 0 Å². The fourth-order valence-corrected chi connectivity index (χ4v) is 2.42. The molecule has 1 aliphatic rings. The lowest BCUT2D eigenvalue weighted by Crippen LogP contribution is -2.53. The van der Waals surface area contributed by atoms with Gasteiger partial charge in [-0.3, -0.25) is 4.79 Å². The Morgan fingerprint density at radius 1 is 1.05 bits per heavy atom. The first-order chi connectivity index (χ1) is 9.01. The van der Waals surface area contributed by atoms with Crippen molar-refractivity contribution in [2.75, 3.05) is 0 Å². The molecule has 0 aliphatic heterocycles. The van der Waals surface area contributed by atoms with Crippen molar-refractivity contribution in [1.82, 2.24) is 5.32 Å². The SMILES string of the molecule is CC(C)(C)C(=O)C(NC(=O)OC1CCCC1)C(C)(C)C. The maximum Gasteiger partial charge on any atom is 0.408 e. The van der Waals surface area contributed by atoms with Crippen molar-refractivity contribution in [3.63, 3.8) is 0 Å². The molecule has 1 atom stereocenters. The molecule has 1 fully saturated rings. The third-order valence-electron chi connectivity index (χ3n) is 3.71. The molecule has 0 spiro atoms. The molecule has 0 saturated heterocycles.